The maximum atomic E-state index is 2.53. The van der Waals surface area contributed by atoms with Crippen molar-refractivity contribution in [1.29, 1.82) is 0 Å². The van der Waals surface area contributed by atoms with Crippen molar-refractivity contribution in [2.24, 2.45) is 11.8 Å². The number of hydrogen-bond donors (Lipinski definition) is 0. The highest BCUT2D eigenvalue weighted by molar-refractivity contribution is 5.03. The molecule has 2 aliphatic rings. The Morgan fingerprint density at radius 3 is 2.60 bits per heavy atom. The van der Waals surface area contributed by atoms with Crippen molar-refractivity contribution in [2.75, 3.05) is 0 Å². The minimum absolute atomic E-state index is 0.850. The molecule has 2 saturated carbocycles. The molecule has 0 heteroatoms. The average Bonchev–Trinajstić information content (AvgIpc) is 2.05. The zero-order chi connectivity index (χ0) is 6.81. The summed E-state index contributed by atoms with van der Waals surface area (Å²) in [6, 6.07) is 0. The molecule has 0 aliphatic heterocycles. The predicted molar refractivity (Wildman–Crippen MR) is 43.0 cm³/mol. The highest BCUT2D eigenvalue weighted by Gasteiger charge is 2.27. The molecule has 10 heavy (non-hydrogen) atoms. The lowest BCUT2D eigenvalue weighted by molar-refractivity contribution is 0.331. The second kappa shape index (κ2) is 2.94. The first kappa shape index (κ1) is 6.69. The fourth-order valence-corrected chi connectivity index (χ4v) is 2.18. The maximum absolute atomic E-state index is 2.53. The van der Waals surface area contributed by atoms with Crippen LogP contribution < -0.4 is 0 Å². The Morgan fingerprint density at radius 1 is 0.900 bits per heavy atom. The van der Waals surface area contributed by atoms with Crippen molar-refractivity contribution in [3.05, 3.63) is 19.3 Å². The van der Waals surface area contributed by atoms with Crippen LogP contribution >= 0.6 is 0 Å². The molecule has 0 spiro atoms. The Balaban J connectivity index is 1.93. The largest absolute Gasteiger partial charge is 0.0527 e. The molecule has 0 aromatic carbocycles. The first-order chi connectivity index (χ1) is 4.97. The van der Waals surface area contributed by atoms with Crippen LogP contribution in [-0.2, 0) is 0 Å². The van der Waals surface area contributed by atoms with Crippen molar-refractivity contribution in [1.82, 2.24) is 0 Å². The summed E-state index contributed by atoms with van der Waals surface area (Å²) in [4.78, 5) is 0. The van der Waals surface area contributed by atoms with Crippen molar-refractivity contribution in [3.8, 4) is 0 Å². The molecule has 3 radical (unpaired) electrons. The molecule has 2 rings (SSSR count). The van der Waals surface area contributed by atoms with Gasteiger partial charge in [-0.2, -0.15) is 0 Å². The molecule has 0 bridgehead atoms. The molecule has 0 nitrogen and oxygen atoms in total. The quantitative estimate of drug-likeness (QED) is 0.479. The van der Waals surface area contributed by atoms with E-state index in [-0.39, 0.29) is 0 Å². The van der Waals surface area contributed by atoms with Gasteiger partial charge >= 0.3 is 0 Å². The summed E-state index contributed by atoms with van der Waals surface area (Å²) in [7, 11) is 0. The fourth-order valence-electron chi connectivity index (χ4n) is 2.18. The Hall–Kier alpha value is 0. The Kier molecular flexibility index (Phi) is 1.97. The number of rotatable bonds is 0. The molecule has 0 saturated heterocycles. The van der Waals surface area contributed by atoms with Crippen LogP contribution in [0.1, 0.15) is 32.1 Å². The highest BCUT2D eigenvalue weighted by atomic mass is 14.3. The van der Waals surface area contributed by atoms with Gasteiger partial charge in [-0.3, -0.25) is 0 Å². The topological polar surface area (TPSA) is 0 Å². The third-order valence-corrected chi connectivity index (χ3v) is 2.75. The van der Waals surface area contributed by atoms with E-state index < -0.39 is 0 Å². The van der Waals surface area contributed by atoms with Crippen LogP contribution in [0.4, 0.5) is 0 Å². The summed E-state index contributed by atoms with van der Waals surface area (Å²) in [6.45, 7) is 0. The molecular formula is C10H15. The lowest BCUT2D eigenvalue weighted by atomic mass is 9.71. The minimum Gasteiger partial charge on any atom is -0.0527 e. The molecule has 0 N–H and O–H groups in total. The minimum atomic E-state index is 0.850. The molecule has 2 aliphatic carbocycles. The smallest absolute Gasteiger partial charge is 0.0321 e. The maximum Gasteiger partial charge on any atom is -0.0321 e. The molecule has 0 aromatic rings. The summed E-state index contributed by atoms with van der Waals surface area (Å²) in [5, 5.41) is 0. The lowest BCUT2D eigenvalue weighted by Gasteiger charge is -2.34. The summed E-state index contributed by atoms with van der Waals surface area (Å²) in [5.41, 5.74) is 0. The first-order valence-corrected chi connectivity index (χ1v) is 4.47. The van der Waals surface area contributed by atoms with Crippen molar-refractivity contribution >= 4 is 0 Å². The zero-order valence-electron chi connectivity index (χ0n) is 6.42. The van der Waals surface area contributed by atoms with Gasteiger partial charge in [0.15, 0.2) is 0 Å². The van der Waals surface area contributed by atoms with Gasteiger partial charge in [0.1, 0.15) is 0 Å². The van der Waals surface area contributed by atoms with E-state index in [0.29, 0.717) is 0 Å². The highest BCUT2D eigenvalue weighted by Crippen LogP contribution is 2.38. The molecule has 0 amide bonds. The normalized spacial score (nSPS) is 40.8. The van der Waals surface area contributed by atoms with Crippen LogP contribution in [0.3, 0.4) is 0 Å². The van der Waals surface area contributed by atoms with E-state index in [1.165, 1.54) is 32.1 Å². The number of fused-ring (bicyclic) bond motifs is 1. The van der Waals surface area contributed by atoms with Gasteiger partial charge in [0, 0.05) is 0 Å². The summed E-state index contributed by atoms with van der Waals surface area (Å²) in [6.07, 6.45) is 14.4. The second-order valence-corrected chi connectivity index (χ2v) is 3.46. The van der Waals surface area contributed by atoms with Gasteiger partial charge in [-0.1, -0.05) is 6.42 Å². The van der Waals surface area contributed by atoms with Gasteiger partial charge in [-0.15, -0.1) is 0 Å². The van der Waals surface area contributed by atoms with E-state index in [0.717, 1.165) is 11.8 Å². The van der Waals surface area contributed by atoms with Gasteiger partial charge in [0.2, 0.25) is 0 Å². The van der Waals surface area contributed by atoms with Gasteiger partial charge in [-0.05, 0) is 56.8 Å². The Labute approximate surface area is 64.0 Å². The molecular weight excluding hydrogens is 120 g/mol. The predicted octanol–water partition coefficient (Wildman–Crippen LogP) is 2.81. The third kappa shape index (κ3) is 1.21. The molecule has 0 aromatic heterocycles. The number of hydrogen-bond acceptors (Lipinski definition) is 0. The van der Waals surface area contributed by atoms with Crippen molar-refractivity contribution in [2.45, 2.75) is 32.1 Å². The van der Waals surface area contributed by atoms with Crippen LogP contribution in [0, 0.1) is 31.1 Å². The monoisotopic (exact) mass is 135 g/mol. The molecule has 2 fully saturated rings. The van der Waals surface area contributed by atoms with Crippen LogP contribution in [0.5, 0.6) is 0 Å². The van der Waals surface area contributed by atoms with Crippen LogP contribution in [0.25, 0.3) is 0 Å². The molecule has 55 valence electrons. The van der Waals surface area contributed by atoms with Gasteiger partial charge < -0.3 is 0 Å². The Morgan fingerprint density at radius 2 is 1.70 bits per heavy atom. The standard InChI is InChI=1S/C10H15/c1-2-6-10-8-4-3-7-9(10)5-1/h5-7,9-10H,1-4,8H2. The average molecular weight is 135 g/mol. The van der Waals surface area contributed by atoms with Crippen molar-refractivity contribution < 1.29 is 0 Å². The fraction of sp³-hybridized carbons (Fsp3) is 0.700. The third-order valence-electron chi connectivity index (χ3n) is 2.75. The van der Waals surface area contributed by atoms with Gasteiger partial charge in [-0.25, -0.2) is 0 Å². The lowest BCUT2D eigenvalue weighted by Crippen LogP contribution is -2.24. The first-order valence-electron chi connectivity index (χ1n) is 4.47. The molecule has 2 atom stereocenters. The van der Waals surface area contributed by atoms with Crippen LogP contribution in [0.15, 0.2) is 0 Å². The molecule has 2 unspecified atom stereocenters. The van der Waals surface area contributed by atoms with E-state index in [1.807, 2.05) is 0 Å². The Bertz CT molecular complexity index is 80.6. The molecule has 0 heterocycles. The summed E-state index contributed by atoms with van der Waals surface area (Å²) < 4.78 is 0. The van der Waals surface area contributed by atoms with E-state index in [1.54, 1.807) is 0 Å². The zero-order valence-corrected chi connectivity index (χ0v) is 6.42. The summed E-state index contributed by atoms with van der Waals surface area (Å²) >= 11 is 0. The summed E-state index contributed by atoms with van der Waals surface area (Å²) in [5.74, 6) is 1.77. The van der Waals surface area contributed by atoms with E-state index in [2.05, 4.69) is 19.3 Å². The second-order valence-electron chi connectivity index (χ2n) is 3.46. The van der Waals surface area contributed by atoms with E-state index >= 15 is 0 Å². The SMILES string of the molecule is [CH]1CC[CH]C2CCC[CH]C12. The van der Waals surface area contributed by atoms with E-state index in [4.69, 9.17) is 0 Å². The van der Waals surface area contributed by atoms with Gasteiger partial charge in [0.05, 0.1) is 0 Å². The van der Waals surface area contributed by atoms with Crippen molar-refractivity contribution in [3.63, 3.8) is 0 Å². The van der Waals surface area contributed by atoms with Gasteiger partial charge in [0.25, 0.3) is 0 Å². The van der Waals surface area contributed by atoms with Crippen LogP contribution in [0.2, 0.25) is 0 Å². The van der Waals surface area contributed by atoms with E-state index in [9.17, 15) is 0 Å². The van der Waals surface area contributed by atoms with Crippen LogP contribution in [-0.4, -0.2) is 0 Å².